The lowest BCUT2D eigenvalue weighted by molar-refractivity contribution is -0.119. The maximum atomic E-state index is 14.6. The highest BCUT2D eigenvalue weighted by Gasteiger charge is 2.17. The number of amides is 1. The number of carbonyl (C=O) groups is 1. The van der Waals surface area contributed by atoms with Crippen molar-refractivity contribution in [2.45, 2.75) is 0 Å². The van der Waals surface area contributed by atoms with Gasteiger partial charge in [-0.1, -0.05) is 12.1 Å². The Morgan fingerprint density at radius 3 is 2.58 bits per heavy atom. The minimum absolute atomic E-state index is 0.0807. The number of nitrogens with zero attached hydrogens (tertiary/aromatic N) is 4. The molecule has 4 aromatic heterocycles. The van der Waals surface area contributed by atoms with Crippen molar-refractivity contribution in [1.29, 1.82) is 0 Å². The molecule has 0 radical (unpaired) electrons. The second-order valence-electron chi connectivity index (χ2n) is 7.30. The fourth-order valence-corrected chi connectivity index (χ4v) is 3.78. The minimum atomic E-state index is -0.371. The van der Waals surface area contributed by atoms with Gasteiger partial charge in [-0.3, -0.25) is 9.78 Å². The first kappa shape index (κ1) is 20.6. The number of nitrogens with one attached hydrogen (secondary N) is 1. The molecule has 8 heteroatoms. The Labute approximate surface area is 188 Å². The molecule has 0 unspecified atom stereocenters. The Morgan fingerprint density at radius 2 is 1.73 bits per heavy atom. The Bertz CT molecular complexity index is 1510. The lowest BCUT2D eigenvalue weighted by atomic mass is 9.99. The average Bonchev–Trinajstić information content (AvgIpc) is 2.84. The zero-order valence-electron chi connectivity index (χ0n) is 17.6. The summed E-state index contributed by atoms with van der Waals surface area (Å²) in [5.74, 6) is -0.273. The molecule has 1 aromatic carbocycles. The Morgan fingerprint density at radius 1 is 0.909 bits per heavy atom. The highest BCUT2D eigenvalue weighted by atomic mass is 19.1. The van der Waals surface area contributed by atoms with Crippen LogP contribution in [0.1, 0.15) is 0 Å². The smallest absolute Gasteiger partial charge is 0.251 e. The topological polar surface area (TPSA) is 89.9 Å². The maximum absolute atomic E-state index is 14.6. The highest BCUT2D eigenvalue weighted by molar-refractivity contribution is 6.08. The molecule has 162 valence electrons. The molecule has 33 heavy (non-hydrogen) atoms. The first-order chi connectivity index (χ1) is 16.2. The van der Waals surface area contributed by atoms with Crippen molar-refractivity contribution in [1.82, 2.24) is 19.9 Å². The van der Waals surface area contributed by atoms with Crippen LogP contribution in [0.4, 0.5) is 10.2 Å². The number of ether oxygens (including phenoxy) is 1. The number of halogens is 1. The van der Waals surface area contributed by atoms with Crippen LogP contribution in [-0.4, -0.2) is 39.6 Å². The van der Waals surface area contributed by atoms with Crippen LogP contribution >= 0.6 is 0 Å². The van der Waals surface area contributed by atoms with Crippen LogP contribution in [0.5, 0.6) is 0 Å². The summed E-state index contributed by atoms with van der Waals surface area (Å²) in [6, 6.07) is 15.6. The van der Waals surface area contributed by atoms with E-state index >= 15 is 0 Å². The van der Waals surface area contributed by atoms with E-state index in [1.165, 1.54) is 13.2 Å². The lowest BCUT2D eigenvalue weighted by Crippen LogP contribution is -2.18. The molecule has 0 spiro atoms. The molecule has 4 heterocycles. The largest absolute Gasteiger partial charge is 0.375 e. The Balaban J connectivity index is 1.75. The second-order valence-corrected chi connectivity index (χ2v) is 7.30. The van der Waals surface area contributed by atoms with E-state index in [4.69, 9.17) is 4.74 Å². The summed E-state index contributed by atoms with van der Waals surface area (Å²) in [6.45, 7) is -0.0807. The van der Waals surface area contributed by atoms with Gasteiger partial charge >= 0.3 is 0 Å². The molecule has 0 aliphatic heterocycles. The molecule has 0 saturated heterocycles. The Kier molecular flexibility index (Phi) is 5.42. The van der Waals surface area contributed by atoms with E-state index in [1.54, 1.807) is 42.9 Å². The van der Waals surface area contributed by atoms with Crippen molar-refractivity contribution in [3.05, 3.63) is 79.0 Å². The van der Waals surface area contributed by atoms with Gasteiger partial charge in [-0.25, -0.2) is 19.3 Å². The molecule has 0 atom stereocenters. The summed E-state index contributed by atoms with van der Waals surface area (Å²) in [6.07, 6.45) is 4.90. The number of hydrogen-bond donors (Lipinski definition) is 1. The molecule has 1 N–H and O–H groups in total. The van der Waals surface area contributed by atoms with E-state index < -0.39 is 0 Å². The van der Waals surface area contributed by atoms with E-state index in [1.807, 2.05) is 24.3 Å². The molecule has 5 aromatic rings. The lowest BCUT2D eigenvalue weighted by Gasteiger charge is -2.13. The molecule has 7 nitrogen and oxygen atoms in total. The number of carbonyl (C=O) groups excluding carboxylic acids is 1. The molecular weight excluding hydrogens is 421 g/mol. The van der Waals surface area contributed by atoms with E-state index in [9.17, 15) is 9.18 Å². The third kappa shape index (κ3) is 3.88. The van der Waals surface area contributed by atoms with Crippen LogP contribution in [0.3, 0.4) is 0 Å². The van der Waals surface area contributed by atoms with Crippen molar-refractivity contribution >= 4 is 33.5 Å². The zero-order chi connectivity index (χ0) is 22.8. The van der Waals surface area contributed by atoms with E-state index in [-0.39, 0.29) is 18.3 Å². The third-order valence-electron chi connectivity index (χ3n) is 5.21. The number of hydrogen-bond acceptors (Lipinski definition) is 6. The molecular formula is C25H18FN5O2. The third-order valence-corrected chi connectivity index (χ3v) is 5.21. The van der Waals surface area contributed by atoms with Gasteiger partial charge in [0.1, 0.15) is 18.2 Å². The normalized spacial score (nSPS) is 11.1. The fraction of sp³-hybridized carbons (Fsp3) is 0.0800. The number of rotatable bonds is 5. The van der Waals surface area contributed by atoms with Crippen molar-refractivity contribution in [3.8, 4) is 22.5 Å². The molecule has 0 fully saturated rings. The SMILES string of the molecule is COCC(=O)Nc1nccc2c(-c3cc(-c4ccccc4F)nc4ncccc34)nccc12. The predicted molar refractivity (Wildman–Crippen MR) is 124 cm³/mol. The van der Waals surface area contributed by atoms with Crippen LogP contribution in [0.2, 0.25) is 0 Å². The first-order valence-electron chi connectivity index (χ1n) is 10.2. The quantitative estimate of drug-likeness (QED) is 0.429. The van der Waals surface area contributed by atoms with Crippen molar-refractivity contribution in [2.75, 3.05) is 19.0 Å². The number of anilines is 1. The van der Waals surface area contributed by atoms with Crippen molar-refractivity contribution in [2.24, 2.45) is 0 Å². The van der Waals surface area contributed by atoms with Gasteiger partial charge in [0, 0.05) is 53.0 Å². The maximum Gasteiger partial charge on any atom is 0.251 e. The summed E-state index contributed by atoms with van der Waals surface area (Å²) >= 11 is 0. The van der Waals surface area contributed by atoms with Gasteiger partial charge in [-0.2, -0.15) is 0 Å². The molecule has 0 saturated carbocycles. The summed E-state index contributed by atoms with van der Waals surface area (Å²) < 4.78 is 19.5. The number of pyridine rings is 4. The van der Waals surface area contributed by atoms with Crippen LogP contribution in [0.25, 0.3) is 44.3 Å². The Hall–Kier alpha value is -4.30. The van der Waals surface area contributed by atoms with Crippen LogP contribution < -0.4 is 5.32 Å². The second kappa shape index (κ2) is 8.68. The van der Waals surface area contributed by atoms with Gasteiger partial charge in [0.05, 0.1) is 11.4 Å². The van der Waals surface area contributed by atoms with E-state index in [0.717, 1.165) is 16.3 Å². The van der Waals surface area contributed by atoms with Crippen LogP contribution in [-0.2, 0) is 9.53 Å². The van der Waals surface area contributed by atoms with Crippen molar-refractivity contribution < 1.29 is 13.9 Å². The van der Waals surface area contributed by atoms with Crippen LogP contribution in [0, 0.1) is 5.82 Å². The fourth-order valence-electron chi connectivity index (χ4n) is 3.78. The predicted octanol–water partition coefficient (Wildman–Crippen LogP) is 4.63. The first-order valence-corrected chi connectivity index (χ1v) is 10.2. The van der Waals surface area contributed by atoms with Gasteiger partial charge < -0.3 is 10.1 Å². The monoisotopic (exact) mass is 439 g/mol. The standard InChI is InChI=1S/C25H18FN5O2/c1-33-14-22(32)31-25-17-9-11-27-23(15(17)8-12-29-25)19-13-21(18-5-2-3-7-20(18)26)30-24-16(19)6-4-10-28-24/h2-13H,14H2,1H3,(H,29,31,32). The molecule has 0 aliphatic rings. The van der Waals surface area contributed by atoms with Gasteiger partial charge in [0.15, 0.2) is 5.65 Å². The highest BCUT2D eigenvalue weighted by Crippen LogP contribution is 2.35. The van der Waals surface area contributed by atoms with Crippen LogP contribution in [0.15, 0.2) is 73.2 Å². The molecule has 1 amide bonds. The van der Waals surface area contributed by atoms with Gasteiger partial charge in [0.25, 0.3) is 5.91 Å². The molecule has 5 rings (SSSR count). The summed E-state index contributed by atoms with van der Waals surface area (Å²) in [5.41, 5.74) is 2.71. The summed E-state index contributed by atoms with van der Waals surface area (Å²) in [5, 5.41) is 5.04. The summed E-state index contributed by atoms with van der Waals surface area (Å²) in [4.78, 5) is 30.0. The number of benzene rings is 1. The molecule has 0 aliphatic carbocycles. The van der Waals surface area contributed by atoms with E-state index in [0.29, 0.717) is 33.8 Å². The van der Waals surface area contributed by atoms with Gasteiger partial charge in [-0.15, -0.1) is 0 Å². The number of fused-ring (bicyclic) bond motifs is 2. The van der Waals surface area contributed by atoms with Crippen molar-refractivity contribution in [3.63, 3.8) is 0 Å². The number of aromatic nitrogens is 4. The minimum Gasteiger partial charge on any atom is -0.375 e. The zero-order valence-corrected chi connectivity index (χ0v) is 17.6. The van der Waals surface area contributed by atoms with Gasteiger partial charge in [-0.05, 0) is 42.5 Å². The molecule has 0 bridgehead atoms. The van der Waals surface area contributed by atoms with E-state index in [2.05, 4.69) is 25.3 Å². The average molecular weight is 439 g/mol. The number of methoxy groups -OCH3 is 1. The summed E-state index contributed by atoms with van der Waals surface area (Å²) in [7, 11) is 1.45. The van der Waals surface area contributed by atoms with Gasteiger partial charge in [0.2, 0.25) is 0 Å².